The number of fused-ring (bicyclic) bond motifs is 1. The van der Waals surface area contributed by atoms with Crippen LogP contribution in [0.2, 0.25) is 5.02 Å². The number of halogens is 2. The van der Waals surface area contributed by atoms with Crippen molar-refractivity contribution < 1.29 is 4.79 Å². The molecule has 2 rings (SSSR count). The van der Waals surface area contributed by atoms with Crippen molar-refractivity contribution in [3.8, 4) is 0 Å². The fraction of sp³-hybridized carbons (Fsp3) is 0.467. The molecule has 1 unspecified atom stereocenters. The highest BCUT2D eigenvalue weighted by Crippen LogP contribution is 2.30. The van der Waals surface area contributed by atoms with Gasteiger partial charge in [-0.15, -0.1) is 11.6 Å². The molecule has 0 bridgehead atoms. The van der Waals surface area contributed by atoms with Gasteiger partial charge in [0.05, 0.1) is 21.8 Å². The number of nitrogens with one attached hydrogen (secondary N) is 1. The zero-order valence-corrected chi connectivity index (χ0v) is 14.1. The Morgan fingerprint density at radius 2 is 2.14 bits per heavy atom. The van der Waals surface area contributed by atoms with Crippen molar-refractivity contribution in [2.75, 3.05) is 7.05 Å². The second kappa shape index (κ2) is 5.85. The third-order valence-electron chi connectivity index (χ3n) is 3.49. The molecule has 6 heteroatoms. The molecule has 0 aliphatic carbocycles. The van der Waals surface area contributed by atoms with Crippen LogP contribution >= 0.6 is 23.2 Å². The first-order valence-electron chi connectivity index (χ1n) is 6.78. The van der Waals surface area contributed by atoms with Gasteiger partial charge in [0.1, 0.15) is 5.82 Å². The van der Waals surface area contributed by atoms with Crippen molar-refractivity contribution >= 4 is 40.1 Å². The Morgan fingerprint density at radius 1 is 1.48 bits per heavy atom. The Kier molecular flexibility index (Phi) is 4.49. The van der Waals surface area contributed by atoms with E-state index in [1.807, 2.05) is 43.5 Å². The number of nitrogens with zero attached hydrogens (tertiary/aromatic N) is 2. The molecule has 0 radical (unpaired) electrons. The van der Waals surface area contributed by atoms with Crippen molar-refractivity contribution in [1.82, 2.24) is 14.9 Å². The van der Waals surface area contributed by atoms with Gasteiger partial charge in [0, 0.05) is 18.6 Å². The van der Waals surface area contributed by atoms with Crippen LogP contribution in [0.15, 0.2) is 18.2 Å². The summed E-state index contributed by atoms with van der Waals surface area (Å²) in [6.07, 6.45) is 0. The standard InChI is InChI=1S/C15H19Cl2N3O/c1-9(16)13-19-11-7-10(17)5-6-12(11)20(13)8-15(2,3)14(21)18-4/h5-7,9H,8H2,1-4H3,(H,18,21). The van der Waals surface area contributed by atoms with E-state index in [2.05, 4.69) is 10.3 Å². The van der Waals surface area contributed by atoms with Gasteiger partial charge in [0.2, 0.25) is 5.91 Å². The molecule has 1 amide bonds. The van der Waals surface area contributed by atoms with Crippen LogP contribution in [0.5, 0.6) is 0 Å². The van der Waals surface area contributed by atoms with E-state index in [9.17, 15) is 4.79 Å². The van der Waals surface area contributed by atoms with Crippen LogP contribution in [0.1, 0.15) is 32.0 Å². The summed E-state index contributed by atoms with van der Waals surface area (Å²) in [5, 5.41) is 3.07. The third kappa shape index (κ3) is 3.16. The minimum Gasteiger partial charge on any atom is -0.359 e. The van der Waals surface area contributed by atoms with E-state index < -0.39 is 5.41 Å². The molecule has 2 aromatic rings. The highest BCUT2D eigenvalue weighted by Gasteiger charge is 2.29. The quantitative estimate of drug-likeness (QED) is 0.869. The number of hydrogen-bond donors (Lipinski definition) is 1. The van der Waals surface area contributed by atoms with Crippen molar-refractivity contribution in [1.29, 1.82) is 0 Å². The summed E-state index contributed by atoms with van der Waals surface area (Å²) in [6, 6.07) is 5.54. The number of hydrogen-bond acceptors (Lipinski definition) is 2. The molecule has 0 aliphatic heterocycles. The normalized spacial score (nSPS) is 13.4. The van der Waals surface area contributed by atoms with Crippen molar-refractivity contribution in [2.45, 2.75) is 32.7 Å². The van der Waals surface area contributed by atoms with Gasteiger partial charge in [-0.05, 0) is 39.0 Å². The summed E-state index contributed by atoms with van der Waals surface area (Å²) in [4.78, 5) is 16.6. The van der Waals surface area contributed by atoms with Gasteiger partial charge in [-0.2, -0.15) is 0 Å². The van der Waals surface area contributed by atoms with E-state index in [4.69, 9.17) is 23.2 Å². The molecule has 1 aromatic heterocycles. The maximum atomic E-state index is 12.0. The highest BCUT2D eigenvalue weighted by atomic mass is 35.5. The van der Waals surface area contributed by atoms with Gasteiger partial charge in [-0.1, -0.05) is 11.6 Å². The SMILES string of the molecule is CNC(=O)C(C)(C)Cn1c(C(C)Cl)nc2cc(Cl)ccc21. The Hall–Kier alpha value is -1.26. The molecular formula is C15H19Cl2N3O. The molecule has 0 saturated carbocycles. The van der Waals surface area contributed by atoms with Gasteiger partial charge in [0.15, 0.2) is 0 Å². The van der Waals surface area contributed by atoms with Crippen molar-refractivity contribution in [2.24, 2.45) is 5.41 Å². The number of aromatic nitrogens is 2. The second-order valence-corrected chi connectivity index (χ2v) is 6.86. The Morgan fingerprint density at radius 3 is 2.71 bits per heavy atom. The van der Waals surface area contributed by atoms with Crippen molar-refractivity contribution in [3.05, 3.63) is 29.0 Å². The number of amides is 1. The molecule has 0 aliphatic rings. The van der Waals surface area contributed by atoms with E-state index >= 15 is 0 Å². The molecule has 0 fully saturated rings. The van der Waals surface area contributed by atoms with Crippen LogP contribution < -0.4 is 5.32 Å². The number of imidazole rings is 1. The maximum Gasteiger partial charge on any atom is 0.227 e. The summed E-state index contributed by atoms with van der Waals surface area (Å²) in [5.41, 5.74) is 1.15. The number of carbonyl (C=O) groups excluding carboxylic acids is 1. The number of carbonyl (C=O) groups is 1. The molecule has 1 atom stereocenters. The number of alkyl halides is 1. The predicted molar refractivity (Wildman–Crippen MR) is 86.9 cm³/mol. The molecule has 21 heavy (non-hydrogen) atoms. The largest absolute Gasteiger partial charge is 0.359 e. The monoisotopic (exact) mass is 327 g/mol. The first kappa shape index (κ1) is 16.1. The fourth-order valence-corrected chi connectivity index (χ4v) is 2.73. The Bertz CT molecular complexity index is 677. The number of rotatable bonds is 4. The molecule has 0 saturated heterocycles. The van der Waals surface area contributed by atoms with Gasteiger partial charge in [-0.3, -0.25) is 4.79 Å². The van der Waals surface area contributed by atoms with E-state index in [-0.39, 0.29) is 11.3 Å². The van der Waals surface area contributed by atoms with Crippen LogP contribution in [0.3, 0.4) is 0 Å². The lowest BCUT2D eigenvalue weighted by Gasteiger charge is -2.25. The smallest absolute Gasteiger partial charge is 0.227 e. The average Bonchev–Trinajstić information content (AvgIpc) is 2.75. The summed E-state index contributed by atoms with van der Waals surface area (Å²) in [5.74, 6) is 0.720. The third-order valence-corrected chi connectivity index (χ3v) is 3.92. The second-order valence-electron chi connectivity index (χ2n) is 5.77. The van der Waals surface area contributed by atoms with Gasteiger partial charge in [0.25, 0.3) is 0 Å². The van der Waals surface area contributed by atoms with E-state index in [0.29, 0.717) is 11.6 Å². The molecule has 4 nitrogen and oxygen atoms in total. The lowest BCUT2D eigenvalue weighted by molar-refractivity contribution is -0.129. The van der Waals surface area contributed by atoms with Crippen LogP contribution in [0.25, 0.3) is 11.0 Å². The molecule has 1 heterocycles. The first-order valence-corrected chi connectivity index (χ1v) is 7.59. The lowest BCUT2D eigenvalue weighted by atomic mass is 9.92. The molecule has 0 spiro atoms. The first-order chi connectivity index (χ1) is 9.76. The average molecular weight is 328 g/mol. The van der Waals surface area contributed by atoms with Crippen LogP contribution in [0, 0.1) is 5.41 Å². The summed E-state index contributed by atoms with van der Waals surface area (Å²) in [7, 11) is 1.64. The molecule has 1 N–H and O–H groups in total. The predicted octanol–water partition coefficient (Wildman–Crippen LogP) is 3.76. The van der Waals surface area contributed by atoms with Crippen LogP contribution in [-0.4, -0.2) is 22.5 Å². The van der Waals surface area contributed by atoms with E-state index in [1.165, 1.54) is 0 Å². The Balaban J connectivity index is 2.56. The summed E-state index contributed by atoms with van der Waals surface area (Å²) in [6.45, 7) is 6.16. The van der Waals surface area contributed by atoms with E-state index in [1.54, 1.807) is 7.05 Å². The van der Waals surface area contributed by atoms with E-state index in [0.717, 1.165) is 16.9 Å². The van der Waals surface area contributed by atoms with Gasteiger partial charge in [-0.25, -0.2) is 4.98 Å². The summed E-state index contributed by atoms with van der Waals surface area (Å²) >= 11 is 12.3. The Labute approximate surface area is 134 Å². The lowest BCUT2D eigenvalue weighted by Crippen LogP contribution is -2.38. The zero-order chi connectivity index (χ0) is 15.8. The van der Waals surface area contributed by atoms with Gasteiger partial charge < -0.3 is 9.88 Å². The molecule has 114 valence electrons. The van der Waals surface area contributed by atoms with Crippen LogP contribution in [-0.2, 0) is 11.3 Å². The zero-order valence-electron chi connectivity index (χ0n) is 12.6. The molecule has 1 aromatic carbocycles. The molecular weight excluding hydrogens is 309 g/mol. The number of benzene rings is 1. The minimum absolute atomic E-state index is 0.0218. The minimum atomic E-state index is -0.567. The van der Waals surface area contributed by atoms with Crippen molar-refractivity contribution in [3.63, 3.8) is 0 Å². The topological polar surface area (TPSA) is 46.9 Å². The maximum absolute atomic E-state index is 12.0. The summed E-state index contributed by atoms with van der Waals surface area (Å²) < 4.78 is 2.00. The highest BCUT2D eigenvalue weighted by molar-refractivity contribution is 6.31. The fourth-order valence-electron chi connectivity index (χ4n) is 2.40. The van der Waals surface area contributed by atoms with Gasteiger partial charge >= 0.3 is 0 Å². The van der Waals surface area contributed by atoms with Crippen LogP contribution in [0.4, 0.5) is 0 Å².